The van der Waals surface area contributed by atoms with Gasteiger partial charge in [0.1, 0.15) is 5.69 Å². The minimum absolute atomic E-state index is 0.366. The van der Waals surface area contributed by atoms with Crippen LogP contribution in [-0.4, -0.2) is 34.6 Å². The summed E-state index contributed by atoms with van der Waals surface area (Å²) in [7, 11) is 1.35. The minimum Gasteiger partial charge on any atom is -0.467 e. The van der Waals surface area contributed by atoms with E-state index < -0.39 is 6.04 Å². The summed E-state index contributed by atoms with van der Waals surface area (Å²) in [6, 6.07) is 9.12. The Morgan fingerprint density at radius 3 is 2.79 bits per heavy atom. The van der Waals surface area contributed by atoms with Crippen molar-refractivity contribution in [2.45, 2.75) is 12.5 Å². The smallest absolute Gasteiger partial charge is 0.330 e. The topological polar surface area (TPSA) is 83.0 Å². The number of esters is 1. The molecule has 0 aliphatic heterocycles. The number of rotatable bonds is 5. The van der Waals surface area contributed by atoms with Crippen LogP contribution in [0.15, 0.2) is 36.5 Å². The maximum atomic E-state index is 11.7. The van der Waals surface area contributed by atoms with Gasteiger partial charge >= 0.3 is 5.97 Å². The van der Waals surface area contributed by atoms with Crippen molar-refractivity contribution < 1.29 is 9.53 Å². The lowest BCUT2D eigenvalue weighted by Crippen LogP contribution is -2.24. The molecule has 1 atom stereocenters. The van der Waals surface area contributed by atoms with Crippen molar-refractivity contribution in [2.24, 2.45) is 5.73 Å². The molecule has 1 unspecified atom stereocenters. The molecule has 0 bridgehead atoms. The molecule has 100 valence electrons. The SMILES string of the molecule is COC(=O)C(CCN)n1cc(-c2ccccc2)nn1. The monoisotopic (exact) mass is 260 g/mol. The fourth-order valence-corrected chi connectivity index (χ4v) is 1.82. The summed E-state index contributed by atoms with van der Waals surface area (Å²) in [4.78, 5) is 11.7. The molecule has 19 heavy (non-hydrogen) atoms. The fourth-order valence-electron chi connectivity index (χ4n) is 1.82. The molecule has 1 aromatic heterocycles. The third-order valence-electron chi connectivity index (χ3n) is 2.81. The third-order valence-corrected chi connectivity index (χ3v) is 2.81. The average Bonchev–Trinajstić information content (AvgIpc) is 2.94. The first-order valence-corrected chi connectivity index (χ1v) is 6.01. The molecule has 2 rings (SSSR count). The Hall–Kier alpha value is -2.21. The molecule has 0 aliphatic carbocycles. The summed E-state index contributed by atoms with van der Waals surface area (Å²) in [6.07, 6.45) is 2.19. The highest BCUT2D eigenvalue weighted by Crippen LogP contribution is 2.18. The zero-order valence-corrected chi connectivity index (χ0v) is 10.7. The Labute approximate surface area is 111 Å². The number of hydrogen-bond acceptors (Lipinski definition) is 5. The largest absolute Gasteiger partial charge is 0.467 e. The van der Waals surface area contributed by atoms with Gasteiger partial charge in [0.2, 0.25) is 0 Å². The highest BCUT2D eigenvalue weighted by Gasteiger charge is 2.22. The van der Waals surface area contributed by atoms with Crippen LogP contribution in [0.2, 0.25) is 0 Å². The van der Waals surface area contributed by atoms with E-state index in [1.807, 2.05) is 30.3 Å². The van der Waals surface area contributed by atoms with Gasteiger partial charge in [0.15, 0.2) is 6.04 Å². The predicted octanol–water partition coefficient (Wildman–Crippen LogP) is 1.01. The van der Waals surface area contributed by atoms with Gasteiger partial charge in [-0.1, -0.05) is 35.5 Å². The van der Waals surface area contributed by atoms with Gasteiger partial charge in [0, 0.05) is 5.56 Å². The number of aromatic nitrogens is 3. The summed E-state index contributed by atoms with van der Waals surface area (Å²) in [6.45, 7) is 0.375. The van der Waals surface area contributed by atoms with Crippen LogP contribution >= 0.6 is 0 Å². The van der Waals surface area contributed by atoms with E-state index in [9.17, 15) is 4.79 Å². The molecule has 0 aliphatic rings. The number of hydrogen-bond donors (Lipinski definition) is 1. The number of benzene rings is 1. The Morgan fingerprint density at radius 2 is 2.16 bits per heavy atom. The zero-order valence-electron chi connectivity index (χ0n) is 10.7. The van der Waals surface area contributed by atoms with Crippen LogP contribution in [0.3, 0.4) is 0 Å². The van der Waals surface area contributed by atoms with Gasteiger partial charge in [-0.05, 0) is 13.0 Å². The third kappa shape index (κ3) is 2.97. The Morgan fingerprint density at radius 1 is 1.42 bits per heavy atom. The maximum Gasteiger partial charge on any atom is 0.330 e. The van der Waals surface area contributed by atoms with Crippen molar-refractivity contribution in [3.05, 3.63) is 36.5 Å². The van der Waals surface area contributed by atoms with Crippen LogP contribution in [0.4, 0.5) is 0 Å². The van der Waals surface area contributed by atoms with E-state index in [1.165, 1.54) is 11.8 Å². The van der Waals surface area contributed by atoms with Crippen molar-refractivity contribution in [1.82, 2.24) is 15.0 Å². The molecular formula is C13H16N4O2. The van der Waals surface area contributed by atoms with Crippen LogP contribution < -0.4 is 5.73 Å². The summed E-state index contributed by atoms with van der Waals surface area (Å²) in [5.74, 6) is -0.366. The molecule has 2 aromatic rings. The molecule has 0 amide bonds. The number of carbonyl (C=O) groups excluding carboxylic acids is 1. The average molecular weight is 260 g/mol. The molecule has 0 radical (unpaired) electrons. The molecule has 1 aromatic carbocycles. The standard InChI is InChI=1S/C13H16N4O2/c1-19-13(18)12(7-8-14)17-9-11(15-16-17)10-5-3-2-4-6-10/h2-6,9,12H,7-8,14H2,1H3. The normalized spacial score (nSPS) is 12.1. The first-order valence-electron chi connectivity index (χ1n) is 6.01. The van der Waals surface area contributed by atoms with Crippen molar-refractivity contribution >= 4 is 5.97 Å². The highest BCUT2D eigenvalue weighted by atomic mass is 16.5. The quantitative estimate of drug-likeness (QED) is 0.811. The lowest BCUT2D eigenvalue weighted by molar-refractivity contribution is -0.145. The highest BCUT2D eigenvalue weighted by molar-refractivity contribution is 5.74. The molecule has 6 nitrogen and oxygen atoms in total. The molecule has 1 heterocycles. The Kier molecular flexibility index (Phi) is 4.25. The van der Waals surface area contributed by atoms with Crippen molar-refractivity contribution in [1.29, 1.82) is 0 Å². The fraction of sp³-hybridized carbons (Fsp3) is 0.308. The molecule has 0 saturated carbocycles. The second kappa shape index (κ2) is 6.10. The van der Waals surface area contributed by atoms with Gasteiger partial charge in [-0.25, -0.2) is 9.48 Å². The van der Waals surface area contributed by atoms with Crippen LogP contribution in [0.1, 0.15) is 12.5 Å². The molecule has 0 fully saturated rings. The Balaban J connectivity index is 2.26. The molecule has 0 spiro atoms. The predicted molar refractivity (Wildman–Crippen MR) is 70.2 cm³/mol. The second-order valence-electron chi connectivity index (χ2n) is 4.07. The number of carbonyl (C=O) groups is 1. The zero-order chi connectivity index (χ0) is 13.7. The van der Waals surface area contributed by atoms with Gasteiger partial charge < -0.3 is 10.5 Å². The summed E-state index contributed by atoms with van der Waals surface area (Å²) in [5, 5.41) is 8.06. The number of nitrogens with zero attached hydrogens (tertiary/aromatic N) is 3. The van der Waals surface area contributed by atoms with E-state index in [0.29, 0.717) is 18.7 Å². The number of ether oxygens (including phenoxy) is 1. The summed E-state index contributed by atoms with van der Waals surface area (Å²) >= 11 is 0. The van der Waals surface area contributed by atoms with Crippen molar-refractivity contribution in [3.8, 4) is 11.3 Å². The van der Waals surface area contributed by atoms with Gasteiger partial charge in [-0.15, -0.1) is 5.10 Å². The van der Waals surface area contributed by atoms with Crippen LogP contribution in [0, 0.1) is 0 Å². The van der Waals surface area contributed by atoms with Gasteiger partial charge in [-0.3, -0.25) is 0 Å². The van der Waals surface area contributed by atoms with E-state index in [-0.39, 0.29) is 5.97 Å². The van der Waals surface area contributed by atoms with Gasteiger partial charge in [0.25, 0.3) is 0 Å². The first-order chi connectivity index (χ1) is 9.26. The lowest BCUT2D eigenvalue weighted by Gasteiger charge is -2.12. The Bertz CT molecular complexity index is 539. The van der Waals surface area contributed by atoms with Crippen LogP contribution in [0.5, 0.6) is 0 Å². The van der Waals surface area contributed by atoms with E-state index in [0.717, 1.165) is 5.56 Å². The lowest BCUT2D eigenvalue weighted by atomic mass is 10.1. The minimum atomic E-state index is -0.528. The molecule has 0 saturated heterocycles. The van der Waals surface area contributed by atoms with Crippen molar-refractivity contribution in [3.63, 3.8) is 0 Å². The molecule has 2 N–H and O–H groups in total. The van der Waals surface area contributed by atoms with Gasteiger partial charge in [-0.2, -0.15) is 0 Å². The van der Waals surface area contributed by atoms with Crippen LogP contribution in [-0.2, 0) is 9.53 Å². The number of nitrogens with two attached hydrogens (primary N) is 1. The summed E-state index contributed by atoms with van der Waals surface area (Å²) < 4.78 is 6.25. The van der Waals surface area contributed by atoms with Crippen molar-refractivity contribution in [2.75, 3.05) is 13.7 Å². The van der Waals surface area contributed by atoms with Gasteiger partial charge in [0.05, 0.1) is 13.3 Å². The van der Waals surface area contributed by atoms with E-state index in [2.05, 4.69) is 10.3 Å². The second-order valence-corrected chi connectivity index (χ2v) is 4.07. The number of methoxy groups -OCH3 is 1. The maximum absolute atomic E-state index is 11.7. The van der Waals surface area contributed by atoms with Crippen LogP contribution in [0.25, 0.3) is 11.3 Å². The molecular weight excluding hydrogens is 244 g/mol. The molecule has 6 heteroatoms. The first kappa shape index (κ1) is 13.2. The van der Waals surface area contributed by atoms with E-state index >= 15 is 0 Å². The summed E-state index contributed by atoms with van der Waals surface area (Å²) in [5.41, 5.74) is 7.17. The van der Waals surface area contributed by atoms with E-state index in [4.69, 9.17) is 10.5 Å². The van der Waals surface area contributed by atoms with E-state index in [1.54, 1.807) is 6.20 Å².